The van der Waals surface area contributed by atoms with E-state index in [2.05, 4.69) is 5.32 Å². The molecule has 0 aromatic heterocycles. The fourth-order valence-corrected chi connectivity index (χ4v) is 3.56. The van der Waals surface area contributed by atoms with Gasteiger partial charge in [-0.3, -0.25) is 9.59 Å². The minimum Gasteiger partial charge on any atom is -0.379 e. The molecular formula is C25H23NO4. The van der Waals surface area contributed by atoms with Gasteiger partial charge < -0.3 is 14.8 Å². The highest BCUT2D eigenvalue weighted by molar-refractivity contribution is 6.22. The summed E-state index contributed by atoms with van der Waals surface area (Å²) in [4.78, 5) is 25.4. The molecule has 0 aliphatic heterocycles. The molecule has 0 spiro atoms. The Hall–Kier alpha value is -3.28. The third-order valence-corrected chi connectivity index (χ3v) is 5.02. The fraction of sp³-hybridized carbons (Fsp3) is 0.200. The van der Waals surface area contributed by atoms with Crippen molar-refractivity contribution in [2.75, 3.05) is 25.1 Å². The van der Waals surface area contributed by atoms with Crippen molar-refractivity contribution in [2.24, 2.45) is 0 Å². The van der Waals surface area contributed by atoms with Gasteiger partial charge in [-0.25, -0.2) is 0 Å². The summed E-state index contributed by atoms with van der Waals surface area (Å²) in [6.45, 7) is 4.15. The maximum atomic E-state index is 12.8. The number of hydrogen-bond acceptors (Lipinski definition) is 4. The maximum Gasteiger partial charge on any atom is 0.255 e. The van der Waals surface area contributed by atoms with Crippen LogP contribution in [0.1, 0.15) is 38.8 Å². The number of rotatable bonds is 8. The molecule has 3 aromatic rings. The first kappa shape index (κ1) is 20.0. The van der Waals surface area contributed by atoms with Gasteiger partial charge in [-0.15, -0.1) is 0 Å². The monoisotopic (exact) mass is 401 g/mol. The van der Waals surface area contributed by atoms with Crippen molar-refractivity contribution in [3.05, 3.63) is 89.0 Å². The van der Waals surface area contributed by atoms with Crippen LogP contribution < -0.4 is 5.32 Å². The molecule has 0 heterocycles. The van der Waals surface area contributed by atoms with Gasteiger partial charge >= 0.3 is 0 Å². The van der Waals surface area contributed by atoms with Crippen LogP contribution in [0.3, 0.4) is 0 Å². The Balaban J connectivity index is 1.44. The number of benzene rings is 3. The van der Waals surface area contributed by atoms with Crippen molar-refractivity contribution in [1.82, 2.24) is 0 Å². The summed E-state index contributed by atoms with van der Waals surface area (Å²) in [6.07, 6.45) is 0. The van der Waals surface area contributed by atoms with Crippen molar-refractivity contribution >= 4 is 17.4 Å². The molecule has 0 radical (unpaired) electrons. The molecule has 5 heteroatoms. The Bertz CT molecular complexity index is 1090. The Morgan fingerprint density at radius 2 is 1.60 bits per heavy atom. The van der Waals surface area contributed by atoms with Crippen LogP contribution in [-0.2, 0) is 16.1 Å². The first-order valence-corrected chi connectivity index (χ1v) is 10.0. The van der Waals surface area contributed by atoms with E-state index >= 15 is 0 Å². The highest BCUT2D eigenvalue weighted by Crippen LogP contribution is 2.36. The second-order valence-electron chi connectivity index (χ2n) is 7.04. The molecule has 5 nitrogen and oxygen atoms in total. The smallest absolute Gasteiger partial charge is 0.255 e. The van der Waals surface area contributed by atoms with Gasteiger partial charge in [0.25, 0.3) is 5.91 Å². The number of hydrogen-bond donors (Lipinski definition) is 1. The number of amides is 1. The zero-order chi connectivity index (χ0) is 20.9. The van der Waals surface area contributed by atoms with E-state index in [-0.39, 0.29) is 11.7 Å². The van der Waals surface area contributed by atoms with Crippen LogP contribution in [0.4, 0.5) is 5.69 Å². The summed E-state index contributed by atoms with van der Waals surface area (Å²) in [6, 6.07) is 20.3. The van der Waals surface area contributed by atoms with Gasteiger partial charge in [0.1, 0.15) is 0 Å². The van der Waals surface area contributed by atoms with E-state index in [4.69, 9.17) is 9.47 Å². The Labute approximate surface area is 175 Å². The Morgan fingerprint density at radius 3 is 2.43 bits per heavy atom. The summed E-state index contributed by atoms with van der Waals surface area (Å²) in [5, 5.41) is 2.91. The minimum atomic E-state index is -0.254. The lowest BCUT2D eigenvalue weighted by molar-refractivity contribution is 0.0453. The highest BCUT2D eigenvalue weighted by Gasteiger charge is 2.27. The molecule has 0 atom stereocenters. The van der Waals surface area contributed by atoms with Gasteiger partial charge in [0.2, 0.25) is 0 Å². The van der Waals surface area contributed by atoms with E-state index in [0.717, 1.165) is 16.7 Å². The molecular weight excluding hydrogens is 378 g/mol. The van der Waals surface area contributed by atoms with Gasteiger partial charge in [-0.05, 0) is 47.9 Å². The minimum absolute atomic E-state index is 0.0403. The van der Waals surface area contributed by atoms with E-state index in [1.54, 1.807) is 12.1 Å². The topological polar surface area (TPSA) is 64.6 Å². The normalized spacial score (nSPS) is 11.8. The lowest BCUT2D eigenvalue weighted by atomic mass is 10.0. The summed E-state index contributed by atoms with van der Waals surface area (Å²) in [7, 11) is 0. The third-order valence-electron chi connectivity index (χ3n) is 5.02. The van der Waals surface area contributed by atoms with Gasteiger partial charge in [-0.1, -0.05) is 42.5 Å². The largest absolute Gasteiger partial charge is 0.379 e. The van der Waals surface area contributed by atoms with Gasteiger partial charge in [0, 0.05) is 29.0 Å². The lowest BCUT2D eigenvalue weighted by Gasteiger charge is -2.09. The average molecular weight is 401 g/mol. The van der Waals surface area contributed by atoms with Gasteiger partial charge in [-0.2, -0.15) is 0 Å². The van der Waals surface area contributed by atoms with Crippen LogP contribution in [0.5, 0.6) is 0 Å². The van der Waals surface area contributed by atoms with Crippen LogP contribution in [0.15, 0.2) is 66.7 Å². The maximum absolute atomic E-state index is 12.8. The summed E-state index contributed by atoms with van der Waals surface area (Å²) in [5.74, 6) is -0.294. The fourth-order valence-electron chi connectivity index (χ4n) is 3.56. The van der Waals surface area contributed by atoms with E-state index in [0.29, 0.717) is 48.8 Å². The van der Waals surface area contributed by atoms with Gasteiger partial charge in [0.15, 0.2) is 5.78 Å². The summed E-state index contributed by atoms with van der Waals surface area (Å²) < 4.78 is 10.8. The average Bonchev–Trinajstić information content (AvgIpc) is 3.06. The number of ether oxygens (including phenoxy) is 2. The number of ketones is 1. The molecule has 152 valence electrons. The Morgan fingerprint density at radius 1 is 0.833 bits per heavy atom. The van der Waals surface area contributed by atoms with E-state index in [1.807, 2.05) is 61.5 Å². The molecule has 0 saturated heterocycles. The zero-order valence-corrected chi connectivity index (χ0v) is 16.8. The van der Waals surface area contributed by atoms with Crippen molar-refractivity contribution < 1.29 is 19.1 Å². The second-order valence-corrected chi connectivity index (χ2v) is 7.04. The molecule has 3 aromatic carbocycles. The second kappa shape index (κ2) is 9.03. The van der Waals surface area contributed by atoms with Crippen LogP contribution in [0, 0.1) is 0 Å². The summed E-state index contributed by atoms with van der Waals surface area (Å²) >= 11 is 0. The van der Waals surface area contributed by atoms with Crippen LogP contribution >= 0.6 is 0 Å². The number of carbonyl (C=O) groups is 2. The molecule has 4 rings (SSSR count). The molecule has 0 unspecified atom stereocenters. The zero-order valence-electron chi connectivity index (χ0n) is 16.8. The van der Waals surface area contributed by atoms with Crippen molar-refractivity contribution in [3.63, 3.8) is 0 Å². The first-order valence-electron chi connectivity index (χ1n) is 10.0. The van der Waals surface area contributed by atoms with Crippen LogP contribution in [-0.4, -0.2) is 31.5 Å². The molecule has 1 amide bonds. The predicted octanol–water partition coefficient (Wildman–Crippen LogP) is 4.70. The standard InChI is InChI=1S/C25H23NO4/c1-2-29-12-13-30-16-17-6-5-7-19(14-17)26-25(28)18-10-11-21-20-8-3-4-9-22(20)24(27)23(21)15-18/h3-11,14-15H,2,12-13,16H2,1H3,(H,26,28). The highest BCUT2D eigenvalue weighted by atomic mass is 16.5. The number of carbonyl (C=O) groups excluding carboxylic acids is 2. The summed E-state index contributed by atoms with van der Waals surface area (Å²) in [5.41, 5.74) is 5.14. The quantitative estimate of drug-likeness (QED) is 0.435. The number of fused-ring (bicyclic) bond motifs is 3. The van der Waals surface area contributed by atoms with E-state index < -0.39 is 0 Å². The lowest BCUT2D eigenvalue weighted by Crippen LogP contribution is -2.13. The number of anilines is 1. The van der Waals surface area contributed by atoms with Crippen molar-refractivity contribution in [1.29, 1.82) is 0 Å². The molecule has 0 saturated carbocycles. The predicted molar refractivity (Wildman–Crippen MR) is 116 cm³/mol. The number of nitrogens with one attached hydrogen (secondary N) is 1. The van der Waals surface area contributed by atoms with E-state index in [9.17, 15) is 9.59 Å². The molecule has 30 heavy (non-hydrogen) atoms. The SMILES string of the molecule is CCOCCOCc1cccc(NC(=O)c2ccc3c(c2)C(=O)c2ccccc2-3)c1. The molecule has 1 aliphatic carbocycles. The molecule has 1 aliphatic rings. The molecule has 0 bridgehead atoms. The van der Waals surface area contributed by atoms with Crippen LogP contribution in [0.25, 0.3) is 11.1 Å². The third kappa shape index (κ3) is 4.17. The van der Waals surface area contributed by atoms with Gasteiger partial charge in [0.05, 0.1) is 19.8 Å². The van der Waals surface area contributed by atoms with E-state index in [1.165, 1.54) is 0 Å². The molecule has 0 fully saturated rings. The molecule has 1 N–H and O–H groups in total. The van der Waals surface area contributed by atoms with Crippen molar-refractivity contribution in [3.8, 4) is 11.1 Å². The van der Waals surface area contributed by atoms with Crippen molar-refractivity contribution in [2.45, 2.75) is 13.5 Å². The Kier molecular flexibility index (Phi) is 6.02. The first-order chi connectivity index (χ1) is 14.7. The van der Waals surface area contributed by atoms with Crippen LogP contribution in [0.2, 0.25) is 0 Å².